The highest BCUT2D eigenvalue weighted by atomic mass is 16.5. The monoisotopic (exact) mass is 236 g/mol. The van der Waals surface area contributed by atoms with Crippen LogP contribution in [0, 0.1) is 0 Å². The summed E-state index contributed by atoms with van der Waals surface area (Å²) in [6.07, 6.45) is 2.79. The Kier molecular flexibility index (Phi) is 3.86. The Morgan fingerprint density at radius 3 is 2.88 bits per heavy atom. The molecule has 0 radical (unpaired) electrons. The molecule has 0 amide bonds. The van der Waals surface area contributed by atoms with E-state index in [-0.39, 0.29) is 0 Å². The fourth-order valence-corrected chi connectivity index (χ4v) is 1.84. The molecular weight excluding hydrogens is 216 g/mol. The van der Waals surface area contributed by atoms with Crippen LogP contribution in [0.3, 0.4) is 0 Å². The van der Waals surface area contributed by atoms with Crippen LogP contribution in [-0.4, -0.2) is 24.8 Å². The van der Waals surface area contributed by atoms with Gasteiger partial charge in [0.15, 0.2) is 0 Å². The first-order chi connectivity index (χ1) is 8.20. The molecule has 1 aliphatic carbocycles. The van der Waals surface area contributed by atoms with Gasteiger partial charge in [-0.25, -0.2) is 0 Å². The van der Waals surface area contributed by atoms with Gasteiger partial charge in [-0.2, -0.15) is 0 Å². The van der Waals surface area contributed by atoms with Crippen molar-refractivity contribution in [1.29, 1.82) is 0 Å². The van der Waals surface area contributed by atoms with Crippen LogP contribution in [0.2, 0.25) is 0 Å². The minimum absolute atomic E-state index is 0.463. The first-order valence-electron chi connectivity index (χ1n) is 6.05. The van der Waals surface area contributed by atoms with E-state index < -0.39 is 6.10 Å². The number of methoxy groups -OCH3 is 1. The second-order valence-electron chi connectivity index (χ2n) is 4.53. The number of anilines is 1. The van der Waals surface area contributed by atoms with Crippen LogP contribution in [-0.2, 0) is 0 Å². The summed E-state index contributed by atoms with van der Waals surface area (Å²) in [6.45, 7) is 0.845. The molecule has 4 heteroatoms. The highest BCUT2D eigenvalue weighted by molar-refractivity contribution is 5.54. The van der Waals surface area contributed by atoms with E-state index >= 15 is 0 Å². The maximum atomic E-state index is 10.0. The van der Waals surface area contributed by atoms with E-state index in [4.69, 9.17) is 10.5 Å². The third-order valence-corrected chi connectivity index (χ3v) is 3.07. The van der Waals surface area contributed by atoms with Crippen LogP contribution in [0.15, 0.2) is 18.2 Å². The number of hydrogen-bond acceptors (Lipinski definition) is 4. The number of aliphatic hydroxyl groups is 1. The van der Waals surface area contributed by atoms with Crippen molar-refractivity contribution in [3.63, 3.8) is 0 Å². The molecule has 1 unspecified atom stereocenters. The Morgan fingerprint density at radius 1 is 1.53 bits per heavy atom. The fraction of sp³-hybridized carbons (Fsp3) is 0.538. The molecule has 0 bridgehead atoms. The molecule has 0 heterocycles. The molecule has 1 aliphatic rings. The SMILES string of the molecule is COc1ccc(C(O)CCNC2CC2)cc1N. The molecule has 1 atom stereocenters. The van der Waals surface area contributed by atoms with Gasteiger partial charge in [-0.05, 0) is 43.5 Å². The predicted octanol–water partition coefficient (Wildman–Crippen LogP) is 1.45. The number of nitrogen functional groups attached to an aromatic ring is 1. The number of benzene rings is 1. The maximum Gasteiger partial charge on any atom is 0.141 e. The van der Waals surface area contributed by atoms with Crippen molar-refractivity contribution >= 4 is 5.69 Å². The Morgan fingerprint density at radius 2 is 2.29 bits per heavy atom. The van der Waals surface area contributed by atoms with Crippen molar-refractivity contribution in [1.82, 2.24) is 5.32 Å². The maximum absolute atomic E-state index is 10.0. The first kappa shape index (κ1) is 12.2. The minimum atomic E-state index is -0.463. The molecule has 2 rings (SSSR count). The van der Waals surface area contributed by atoms with Gasteiger partial charge in [-0.3, -0.25) is 0 Å². The Balaban J connectivity index is 1.88. The lowest BCUT2D eigenvalue weighted by molar-refractivity contribution is 0.166. The van der Waals surface area contributed by atoms with Crippen LogP contribution in [0.4, 0.5) is 5.69 Å². The lowest BCUT2D eigenvalue weighted by atomic mass is 10.1. The van der Waals surface area contributed by atoms with Crippen molar-refractivity contribution in [3.05, 3.63) is 23.8 Å². The molecule has 94 valence electrons. The van der Waals surface area contributed by atoms with E-state index in [0.717, 1.165) is 12.1 Å². The molecule has 0 saturated heterocycles. The number of ether oxygens (including phenoxy) is 1. The van der Waals surface area contributed by atoms with Gasteiger partial charge in [0.05, 0.1) is 18.9 Å². The summed E-state index contributed by atoms with van der Waals surface area (Å²) in [5, 5.41) is 13.4. The molecule has 1 fully saturated rings. The van der Waals surface area contributed by atoms with Crippen molar-refractivity contribution in [3.8, 4) is 5.75 Å². The normalized spacial score (nSPS) is 16.8. The average molecular weight is 236 g/mol. The summed E-state index contributed by atoms with van der Waals surface area (Å²) >= 11 is 0. The van der Waals surface area contributed by atoms with Gasteiger partial charge in [-0.15, -0.1) is 0 Å². The van der Waals surface area contributed by atoms with E-state index in [1.165, 1.54) is 12.8 Å². The van der Waals surface area contributed by atoms with Crippen molar-refractivity contribution in [2.75, 3.05) is 19.4 Å². The van der Waals surface area contributed by atoms with Gasteiger partial charge >= 0.3 is 0 Å². The van der Waals surface area contributed by atoms with Gasteiger partial charge in [-0.1, -0.05) is 6.07 Å². The van der Waals surface area contributed by atoms with E-state index in [1.54, 1.807) is 19.2 Å². The Bertz CT molecular complexity index is 378. The summed E-state index contributed by atoms with van der Waals surface area (Å²) < 4.78 is 5.08. The van der Waals surface area contributed by atoms with Crippen molar-refractivity contribution in [2.45, 2.75) is 31.4 Å². The standard InChI is InChI=1S/C13H20N2O2/c1-17-13-5-2-9(8-11(13)14)12(16)6-7-15-10-3-4-10/h2,5,8,10,12,15-16H,3-4,6-7,14H2,1H3. The topological polar surface area (TPSA) is 67.5 Å². The third kappa shape index (κ3) is 3.35. The minimum Gasteiger partial charge on any atom is -0.495 e. The second kappa shape index (κ2) is 5.38. The lowest BCUT2D eigenvalue weighted by Gasteiger charge is -2.13. The average Bonchev–Trinajstić information content (AvgIpc) is 3.13. The summed E-state index contributed by atoms with van der Waals surface area (Å²) in [5.74, 6) is 0.650. The summed E-state index contributed by atoms with van der Waals surface area (Å²) in [6, 6.07) is 6.11. The summed E-state index contributed by atoms with van der Waals surface area (Å²) in [5.41, 5.74) is 7.22. The Hall–Kier alpha value is -1.26. The largest absolute Gasteiger partial charge is 0.495 e. The molecule has 4 N–H and O–H groups in total. The fourth-order valence-electron chi connectivity index (χ4n) is 1.84. The highest BCUT2D eigenvalue weighted by Gasteiger charge is 2.20. The van der Waals surface area contributed by atoms with Crippen LogP contribution < -0.4 is 15.8 Å². The molecule has 0 aromatic heterocycles. The quantitative estimate of drug-likeness (QED) is 0.654. The Labute approximate surface area is 102 Å². The predicted molar refractivity (Wildman–Crippen MR) is 68.0 cm³/mol. The molecule has 0 spiro atoms. The van der Waals surface area contributed by atoms with E-state index in [1.807, 2.05) is 6.07 Å². The van der Waals surface area contributed by atoms with Crippen LogP contribution in [0.25, 0.3) is 0 Å². The zero-order valence-corrected chi connectivity index (χ0v) is 10.1. The molecule has 1 aromatic rings. The van der Waals surface area contributed by atoms with Gasteiger partial charge in [0.25, 0.3) is 0 Å². The van der Waals surface area contributed by atoms with Crippen LogP contribution >= 0.6 is 0 Å². The van der Waals surface area contributed by atoms with Crippen LogP contribution in [0.1, 0.15) is 30.9 Å². The zero-order valence-electron chi connectivity index (χ0n) is 10.1. The van der Waals surface area contributed by atoms with Gasteiger partial charge < -0.3 is 20.9 Å². The lowest BCUT2D eigenvalue weighted by Crippen LogP contribution is -2.19. The molecule has 4 nitrogen and oxygen atoms in total. The molecule has 17 heavy (non-hydrogen) atoms. The van der Waals surface area contributed by atoms with Gasteiger partial charge in [0.2, 0.25) is 0 Å². The summed E-state index contributed by atoms with van der Waals surface area (Å²) in [4.78, 5) is 0. The summed E-state index contributed by atoms with van der Waals surface area (Å²) in [7, 11) is 1.58. The third-order valence-electron chi connectivity index (χ3n) is 3.07. The zero-order chi connectivity index (χ0) is 12.3. The van der Waals surface area contributed by atoms with E-state index in [2.05, 4.69) is 5.32 Å². The van der Waals surface area contributed by atoms with Crippen molar-refractivity contribution < 1.29 is 9.84 Å². The molecule has 0 aliphatic heterocycles. The first-order valence-corrected chi connectivity index (χ1v) is 6.05. The molecule has 1 saturated carbocycles. The highest BCUT2D eigenvalue weighted by Crippen LogP contribution is 2.26. The van der Waals surface area contributed by atoms with Gasteiger partial charge in [0.1, 0.15) is 5.75 Å². The van der Waals surface area contributed by atoms with E-state index in [0.29, 0.717) is 23.9 Å². The molecular formula is C13H20N2O2. The number of rotatable bonds is 6. The second-order valence-corrected chi connectivity index (χ2v) is 4.53. The smallest absolute Gasteiger partial charge is 0.141 e. The van der Waals surface area contributed by atoms with Crippen LogP contribution in [0.5, 0.6) is 5.75 Å². The number of hydrogen-bond donors (Lipinski definition) is 3. The molecule has 1 aromatic carbocycles. The number of nitrogens with two attached hydrogens (primary N) is 1. The number of nitrogens with one attached hydrogen (secondary N) is 1. The van der Waals surface area contributed by atoms with Crippen molar-refractivity contribution in [2.24, 2.45) is 0 Å². The number of aliphatic hydroxyl groups excluding tert-OH is 1. The van der Waals surface area contributed by atoms with Gasteiger partial charge in [0, 0.05) is 6.04 Å². The van der Waals surface area contributed by atoms with E-state index in [9.17, 15) is 5.11 Å².